The number of aliphatic hydroxyl groups is 1. The highest BCUT2D eigenvalue weighted by atomic mass is 35.5. The van der Waals surface area contributed by atoms with Gasteiger partial charge in [0, 0.05) is 34.4 Å². The Bertz CT molecular complexity index is 2320. The molecule has 8 rings (SSSR count). The fourth-order valence-electron chi connectivity index (χ4n) is 9.78. The van der Waals surface area contributed by atoms with Gasteiger partial charge in [0.25, 0.3) is 5.91 Å². The Morgan fingerprint density at radius 1 is 0.948 bits per heavy atom. The van der Waals surface area contributed by atoms with Gasteiger partial charge >= 0.3 is 0 Å². The number of rotatable bonds is 11. The Kier molecular flexibility index (Phi) is 10.8. The van der Waals surface area contributed by atoms with E-state index in [1.54, 1.807) is 27.9 Å². The van der Waals surface area contributed by atoms with E-state index < -0.39 is 19.8 Å². The van der Waals surface area contributed by atoms with E-state index in [1.165, 1.54) is 0 Å². The summed E-state index contributed by atoms with van der Waals surface area (Å²) in [5.74, 6) is 0.111. The van der Waals surface area contributed by atoms with Crippen molar-refractivity contribution in [3.8, 4) is 5.75 Å². The first-order chi connectivity index (χ1) is 28.0. The number of hydrogen-bond acceptors (Lipinski definition) is 6. The van der Waals surface area contributed by atoms with E-state index >= 15 is 4.79 Å². The first-order valence-corrected chi connectivity index (χ1v) is 23.3. The highest BCUT2D eigenvalue weighted by Crippen LogP contribution is 2.60. The summed E-state index contributed by atoms with van der Waals surface area (Å²) in [6, 6.07) is 38.4. The number of aliphatic hydroxyl groups excluding tert-OH is 1. The molecule has 1 N–H and O–H groups in total. The summed E-state index contributed by atoms with van der Waals surface area (Å²) in [6.07, 6.45) is 0.810. The fraction of sp³-hybridized carbons (Fsp3) is 0.298. The molecule has 0 radical (unpaired) electrons. The lowest BCUT2D eigenvalue weighted by Gasteiger charge is -2.39. The van der Waals surface area contributed by atoms with E-state index in [0.717, 1.165) is 39.7 Å². The molecule has 3 amide bonds. The SMILES string of the molecule is COc1ccc([Si](C)(C)[C@H]2[C@H](CC(=O)N3Cc4ccccc4C[C@H]3CO)O[C@@]3(C(=O)N(Cc4ccc(N(C=O)c5ccccc5)cc4)c4ccc(Cl)cc43)[C@@H]2C)cc1. The van der Waals surface area contributed by atoms with Crippen LogP contribution in [0.1, 0.15) is 35.6 Å². The van der Waals surface area contributed by atoms with Crippen LogP contribution in [0, 0.1) is 5.92 Å². The smallest absolute Gasteiger partial charge is 0.264 e. The Hall–Kier alpha value is -5.26. The number of anilines is 3. The number of carbonyl (C=O) groups is 3. The van der Waals surface area contributed by atoms with Gasteiger partial charge in [-0.05, 0) is 83.2 Å². The van der Waals surface area contributed by atoms with Crippen LogP contribution in [-0.2, 0) is 44.2 Å². The van der Waals surface area contributed by atoms with Crippen LogP contribution in [0.4, 0.5) is 17.1 Å². The first-order valence-electron chi connectivity index (χ1n) is 19.8. The van der Waals surface area contributed by atoms with Gasteiger partial charge in [-0.25, -0.2) is 0 Å². The number of ether oxygens (including phenoxy) is 2. The predicted molar refractivity (Wildman–Crippen MR) is 229 cm³/mol. The van der Waals surface area contributed by atoms with Gasteiger partial charge in [-0.1, -0.05) is 104 Å². The molecule has 3 aliphatic rings. The molecule has 0 aliphatic carbocycles. The van der Waals surface area contributed by atoms with E-state index in [2.05, 4.69) is 38.2 Å². The van der Waals surface area contributed by atoms with Gasteiger partial charge in [0.05, 0.1) is 52.6 Å². The van der Waals surface area contributed by atoms with Gasteiger partial charge in [-0.3, -0.25) is 19.3 Å². The number of hydrogen-bond donors (Lipinski definition) is 1. The molecule has 0 saturated carbocycles. The van der Waals surface area contributed by atoms with Crippen LogP contribution in [0.5, 0.6) is 5.75 Å². The Balaban J connectivity index is 1.16. The lowest BCUT2D eigenvalue weighted by molar-refractivity contribution is -0.151. The van der Waals surface area contributed by atoms with Crippen molar-refractivity contribution in [1.29, 1.82) is 0 Å². The molecule has 0 aromatic heterocycles. The minimum absolute atomic E-state index is 0.0568. The second kappa shape index (κ2) is 15.8. The maximum atomic E-state index is 15.4. The van der Waals surface area contributed by atoms with E-state index in [-0.39, 0.29) is 48.9 Å². The average molecular weight is 814 g/mol. The number of benzene rings is 5. The second-order valence-electron chi connectivity index (χ2n) is 16.2. The molecule has 3 aliphatic heterocycles. The average Bonchev–Trinajstić information content (AvgIpc) is 3.66. The third kappa shape index (κ3) is 6.81. The summed E-state index contributed by atoms with van der Waals surface area (Å²) in [6.45, 7) is 7.19. The number of amides is 3. The number of halogens is 1. The zero-order chi connectivity index (χ0) is 40.8. The molecule has 1 spiro atoms. The third-order valence-electron chi connectivity index (χ3n) is 12.8. The van der Waals surface area contributed by atoms with E-state index in [9.17, 15) is 14.7 Å². The normalized spacial score (nSPS) is 22.5. The standard InChI is InChI=1S/C47H48ClN3O6Si/c1-31-45(58(3,4)40-21-19-39(56-2)20-22-40)43(26-44(54)49-28-34-11-9-8-10-33(34)24-38(49)29-52)57-47(31)41-25-35(48)16-23-42(41)50(46(47)55)27-32-14-17-37(18-15-32)51(30-53)36-12-6-5-7-13-36/h5-23,25,30-31,38,43,45,52H,24,26-29H2,1-4H3/t31-,38+,43+,45-,47+/m1/s1. The molecular weight excluding hydrogens is 766 g/mol. The van der Waals surface area contributed by atoms with Crippen molar-refractivity contribution in [2.75, 3.05) is 23.5 Å². The molecule has 298 valence electrons. The van der Waals surface area contributed by atoms with Gasteiger partial charge in [0.1, 0.15) is 5.75 Å². The molecule has 0 bridgehead atoms. The molecule has 3 heterocycles. The van der Waals surface area contributed by atoms with E-state index in [4.69, 9.17) is 21.1 Å². The first kappa shape index (κ1) is 39.6. The lowest BCUT2D eigenvalue weighted by Crippen LogP contribution is -2.52. The van der Waals surface area contributed by atoms with Crippen LogP contribution in [0.25, 0.3) is 0 Å². The van der Waals surface area contributed by atoms with Crippen LogP contribution >= 0.6 is 11.6 Å². The summed E-state index contributed by atoms with van der Waals surface area (Å²) < 4.78 is 12.8. The van der Waals surface area contributed by atoms with Crippen LogP contribution < -0.4 is 19.7 Å². The topological polar surface area (TPSA) is 99.6 Å². The Morgan fingerprint density at radius 2 is 1.62 bits per heavy atom. The van der Waals surface area contributed by atoms with Crippen molar-refractivity contribution in [3.05, 3.63) is 149 Å². The Morgan fingerprint density at radius 3 is 2.29 bits per heavy atom. The van der Waals surface area contributed by atoms with Gasteiger partial charge < -0.3 is 24.4 Å². The monoisotopic (exact) mass is 813 g/mol. The minimum Gasteiger partial charge on any atom is -0.497 e. The van der Waals surface area contributed by atoms with Gasteiger partial charge in [0.2, 0.25) is 12.3 Å². The molecule has 5 atom stereocenters. The van der Waals surface area contributed by atoms with Gasteiger partial charge in [0.15, 0.2) is 5.60 Å². The minimum atomic E-state index is -2.55. The fourth-order valence-corrected chi connectivity index (χ4v) is 14.0. The third-order valence-corrected chi connectivity index (χ3v) is 17.3. The van der Waals surface area contributed by atoms with Crippen molar-refractivity contribution in [3.63, 3.8) is 0 Å². The van der Waals surface area contributed by atoms with E-state index in [0.29, 0.717) is 34.9 Å². The molecule has 9 nitrogen and oxygen atoms in total. The van der Waals surface area contributed by atoms with Crippen molar-refractivity contribution in [2.24, 2.45) is 5.92 Å². The van der Waals surface area contributed by atoms with Crippen LogP contribution in [0.3, 0.4) is 0 Å². The predicted octanol–water partition coefficient (Wildman–Crippen LogP) is 7.74. The molecule has 1 fully saturated rings. The zero-order valence-electron chi connectivity index (χ0n) is 33.2. The molecular formula is C47H48ClN3O6Si. The zero-order valence-corrected chi connectivity index (χ0v) is 34.9. The van der Waals surface area contributed by atoms with Crippen LogP contribution in [0.2, 0.25) is 23.7 Å². The van der Waals surface area contributed by atoms with Crippen molar-refractivity contribution in [1.82, 2.24) is 4.90 Å². The molecule has 58 heavy (non-hydrogen) atoms. The summed E-state index contributed by atoms with van der Waals surface area (Å²) in [5, 5.41) is 12.2. The number of carbonyl (C=O) groups excluding carboxylic acids is 3. The maximum Gasteiger partial charge on any atom is 0.264 e. The molecule has 5 aromatic carbocycles. The lowest BCUT2D eigenvalue weighted by atomic mass is 9.82. The molecule has 1 saturated heterocycles. The highest BCUT2D eigenvalue weighted by Gasteiger charge is 2.66. The summed E-state index contributed by atoms with van der Waals surface area (Å²) >= 11 is 6.74. The largest absolute Gasteiger partial charge is 0.497 e. The quantitative estimate of drug-likeness (QED) is 0.108. The maximum absolute atomic E-state index is 15.4. The van der Waals surface area contributed by atoms with Crippen molar-refractivity contribution >= 4 is 60.1 Å². The van der Waals surface area contributed by atoms with Crippen molar-refractivity contribution in [2.45, 2.75) is 69.2 Å². The summed E-state index contributed by atoms with van der Waals surface area (Å²) in [7, 11) is -0.902. The number of fused-ring (bicyclic) bond motifs is 3. The summed E-state index contributed by atoms with van der Waals surface area (Å²) in [5.41, 5.74) is 4.37. The number of para-hydroxylation sites is 1. The van der Waals surface area contributed by atoms with Crippen LogP contribution in [-0.4, -0.2) is 62.2 Å². The molecule has 5 aromatic rings. The molecule has 11 heteroatoms. The second-order valence-corrected chi connectivity index (χ2v) is 21.3. The number of nitrogens with zero attached hydrogens (tertiary/aromatic N) is 3. The van der Waals surface area contributed by atoms with Crippen molar-refractivity contribution < 1.29 is 29.0 Å². The van der Waals surface area contributed by atoms with E-state index in [1.807, 2.05) is 97.1 Å². The Labute approximate surface area is 345 Å². The van der Waals surface area contributed by atoms with Gasteiger partial charge in [-0.2, -0.15) is 0 Å². The number of methoxy groups -OCH3 is 1. The molecule has 0 unspecified atom stereocenters. The van der Waals surface area contributed by atoms with Crippen LogP contribution in [0.15, 0.2) is 121 Å². The highest BCUT2D eigenvalue weighted by molar-refractivity contribution is 6.91. The summed E-state index contributed by atoms with van der Waals surface area (Å²) in [4.78, 5) is 47.2. The van der Waals surface area contributed by atoms with Gasteiger partial charge in [-0.15, -0.1) is 0 Å².